The summed E-state index contributed by atoms with van der Waals surface area (Å²) in [5.74, 6) is 1.25. The van der Waals surface area contributed by atoms with Crippen LogP contribution in [0, 0.1) is 0 Å². The van der Waals surface area contributed by atoms with Gasteiger partial charge in [0.05, 0.1) is 18.2 Å². The molecule has 0 radical (unpaired) electrons. The molecule has 0 aliphatic carbocycles. The number of rotatable bonds is 4. The molecule has 0 aromatic carbocycles. The molecule has 5 heteroatoms. The molecule has 2 aromatic heterocycles. The Morgan fingerprint density at radius 3 is 2.68 bits per heavy atom. The predicted molar refractivity (Wildman–Crippen MR) is 84.4 cm³/mol. The van der Waals surface area contributed by atoms with Gasteiger partial charge in [0.1, 0.15) is 5.82 Å². The van der Waals surface area contributed by atoms with Gasteiger partial charge in [0.2, 0.25) is 0 Å². The van der Waals surface area contributed by atoms with Crippen molar-refractivity contribution < 1.29 is 4.42 Å². The first-order chi connectivity index (χ1) is 10.9. The minimum Gasteiger partial charge on any atom is -0.472 e. The smallest absolute Gasteiger partial charge is 0.110 e. The fraction of sp³-hybridized carbons (Fsp3) is 0.588. The highest BCUT2D eigenvalue weighted by Crippen LogP contribution is 2.17. The van der Waals surface area contributed by atoms with E-state index in [4.69, 9.17) is 4.42 Å². The Labute approximate surface area is 131 Å². The summed E-state index contributed by atoms with van der Waals surface area (Å²) in [5.41, 5.74) is 2.65. The van der Waals surface area contributed by atoms with Crippen LogP contribution >= 0.6 is 0 Å². The molecule has 22 heavy (non-hydrogen) atoms. The number of fused-ring (bicyclic) bond motifs is 1. The molecule has 2 aliphatic heterocycles. The molecule has 0 unspecified atom stereocenters. The monoisotopic (exact) mass is 300 g/mol. The van der Waals surface area contributed by atoms with Crippen molar-refractivity contribution in [1.29, 1.82) is 0 Å². The van der Waals surface area contributed by atoms with Gasteiger partial charge in [-0.25, -0.2) is 4.98 Å². The molecule has 0 N–H and O–H groups in total. The summed E-state index contributed by atoms with van der Waals surface area (Å²) in [6, 6.07) is 2.06. The molecule has 5 nitrogen and oxygen atoms in total. The average molecular weight is 300 g/mol. The van der Waals surface area contributed by atoms with Gasteiger partial charge in [-0.3, -0.25) is 9.80 Å². The number of likely N-dealkylation sites (tertiary alicyclic amines) is 1. The van der Waals surface area contributed by atoms with E-state index in [9.17, 15) is 0 Å². The highest BCUT2D eigenvalue weighted by atomic mass is 16.3. The van der Waals surface area contributed by atoms with Gasteiger partial charge in [0, 0.05) is 50.9 Å². The minimum absolute atomic E-state index is 0.975. The minimum atomic E-state index is 0.975. The van der Waals surface area contributed by atoms with E-state index in [0.29, 0.717) is 0 Å². The lowest BCUT2D eigenvalue weighted by Crippen LogP contribution is -2.27. The quantitative estimate of drug-likeness (QED) is 0.867. The van der Waals surface area contributed by atoms with Crippen LogP contribution < -0.4 is 0 Å². The van der Waals surface area contributed by atoms with Gasteiger partial charge >= 0.3 is 0 Å². The normalized spacial score (nSPS) is 20.2. The summed E-state index contributed by atoms with van der Waals surface area (Å²) < 4.78 is 7.63. The Balaban J connectivity index is 1.42. The van der Waals surface area contributed by atoms with Crippen molar-refractivity contribution in [2.75, 3.05) is 26.2 Å². The Hall–Kier alpha value is -1.59. The van der Waals surface area contributed by atoms with E-state index in [2.05, 4.69) is 31.6 Å². The molecule has 0 bridgehead atoms. The number of hydrogen-bond acceptors (Lipinski definition) is 4. The lowest BCUT2D eigenvalue weighted by atomic mass is 10.3. The van der Waals surface area contributed by atoms with E-state index in [1.165, 1.54) is 43.0 Å². The van der Waals surface area contributed by atoms with E-state index >= 15 is 0 Å². The maximum atomic E-state index is 5.18. The third-order valence-electron chi connectivity index (χ3n) is 4.88. The van der Waals surface area contributed by atoms with E-state index < -0.39 is 0 Å². The van der Waals surface area contributed by atoms with Gasteiger partial charge in [-0.1, -0.05) is 0 Å². The number of hydrogen-bond donors (Lipinski definition) is 0. The summed E-state index contributed by atoms with van der Waals surface area (Å²) in [7, 11) is 0. The molecular formula is C17H24N4O. The second kappa shape index (κ2) is 6.26. The first kappa shape index (κ1) is 14.0. The van der Waals surface area contributed by atoms with Crippen LogP contribution in [-0.4, -0.2) is 45.5 Å². The van der Waals surface area contributed by atoms with E-state index in [-0.39, 0.29) is 0 Å². The van der Waals surface area contributed by atoms with Crippen LogP contribution in [0.3, 0.4) is 0 Å². The number of imidazole rings is 1. The fourth-order valence-electron chi connectivity index (χ4n) is 3.63. The van der Waals surface area contributed by atoms with Crippen molar-refractivity contribution in [1.82, 2.24) is 19.4 Å². The standard InChI is InChI=1S/C17H24N4O/c1-2-6-19(5-1)13-16-11-18-17-3-7-20(8-9-21(16)17)12-15-4-10-22-14-15/h4,10-11,14H,1-3,5-9,12-13H2. The number of nitrogens with zero attached hydrogens (tertiary/aromatic N) is 4. The van der Waals surface area contributed by atoms with Gasteiger partial charge in [-0.05, 0) is 32.0 Å². The summed E-state index contributed by atoms with van der Waals surface area (Å²) in [6.07, 6.45) is 9.44. The van der Waals surface area contributed by atoms with Gasteiger partial charge in [0.15, 0.2) is 0 Å². The summed E-state index contributed by atoms with van der Waals surface area (Å²) in [4.78, 5) is 9.73. The van der Waals surface area contributed by atoms with E-state index in [1.807, 2.05) is 6.26 Å². The molecule has 0 amide bonds. The third-order valence-corrected chi connectivity index (χ3v) is 4.88. The number of furan rings is 1. The average Bonchev–Trinajstić information content (AvgIpc) is 3.24. The van der Waals surface area contributed by atoms with Gasteiger partial charge in [0.25, 0.3) is 0 Å². The van der Waals surface area contributed by atoms with Crippen molar-refractivity contribution >= 4 is 0 Å². The Bertz CT molecular complexity index is 598. The predicted octanol–water partition coefficient (Wildman–Crippen LogP) is 2.13. The Morgan fingerprint density at radius 1 is 1.00 bits per heavy atom. The van der Waals surface area contributed by atoms with Crippen molar-refractivity contribution in [3.8, 4) is 0 Å². The zero-order chi connectivity index (χ0) is 14.8. The molecule has 1 fully saturated rings. The van der Waals surface area contributed by atoms with Gasteiger partial charge < -0.3 is 8.98 Å². The highest BCUT2D eigenvalue weighted by molar-refractivity contribution is 5.09. The lowest BCUT2D eigenvalue weighted by molar-refractivity contribution is 0.267. The lowest BCUT2D eigenvalue weighted by Gasteiger charge is -2.19. The molecule has 118 valence electrons. The zero-order valence-electron chi connectivity index (χ0n) is 13.1. The topological polar surface area (TPSA) is 37.4 Å². The van der Waals surface area contributed by atoms with Crippen molar-refractivity contribution in [2.24, 2.45) is 0 Å². The molecule has 4 heterocycles. The second-order valence-corrected chi connectivity index (χ2v) is 6.46. The van der Waals surface area contributed by atoms with Crippen LogP contribution in [-0.2, 0) is 26.1 Å². The Kier molecular flexibility index (Phi) is 3.99. The van der Waals surface area contributed by atoms with Crippen LogP contribution in [0.4, 0.5) is 0 Å². The van der Waals surface area contributed by atoms with Crippen LogP contribution in [0.25, 0.3) is 0 Å². The van der Waals surface area contributed by atoms with Crippen molar-refractivity contribution in [2.45, 2.75) is 38.9 Å². The van der Waals surface area contributed by atoms with E-state index in [0.717, 1.165) is 39.1 Å². The highest BCUT2D eigenvalue weighted by Gasteiger charge is 2.20. The van der Waals surface area contributed by atoms with Crippen molar-refractivity contribution in [3.05, 3.63) is 41.9 Å². The van der Waals surface area contributed by atoms with Crippen molar-refractivity contribution in [3.63, 3.8) is 0 Å². The Morgan fingerprint density at radius 2 is 1.86 bits per heavy atom. The molecular weight excluding hydrogens is 276 g/mol. The molecule has 0 atom stereocenters. The molecule has 2 aliphatic rings. The van der Waals surface area contributed by atoms with Gasteiger partial charge in [-0.2, -0.15) is 0 Å². The summed E-state index contributed by atoms with van der Waals surface area (Å²) >= 11 is 0. The zero-order valence-corrected chi connectivity index (χ0v) is 13.1. The molecule has 4 rings (SSSR count). The van der Waals surface area contributed by atoms with E-state index in [1.54, 1.807) is 6.26 Å². The molecule has 0 saturated carbocycles. The summed E-state index contributed by atoms with van der Waals surface area (Å²) in [6.45, 7) is 7.74. The van der Waals surface area contributed by atoms with Crippen LogP contribution in [0.15, 0.2) is 29.2 Å². The van der Waals surface area contributed by atoms with Crippen LogP contribution in [0.1, 0.15) is 29.9 Å². The van der Waals surface area contributed by atoms with Crippen LogP contribution in [0.5, 0.6) is 0 Å². The fourth-order valence-corrected chi connectivity index (χ4v) is 3.63. The largest absolute Gasteiger partial charge is 0.472 e. The number of aromatic nitrogens is 2. The maximum absolute atomic E-state index is 5.18. The molecule has 0 spiro atoms. The molecule has 2 aromatic rings. The molecule has 1 saturated heterocycles. The second-order valence-electron chi connectivity index (χ2n) is 6.46. The summed E-state index contributed by atoms with van der Waals surface area (Å²) in [5, 5.41) is 0. The SMILES string of the molecule is c1cc(CN2CCc3ncc(CN4CCCC4)n3CC2)co1. The first-order valence-electron chi connectivity index (χ1n) is 8.37. The van der Waals surface area contributed by atoms with Gasteiger partial charge in [-0.15, -0.1) is 0 Å². The third kappa shape index (κ3) is 2.96. The maximum Gasteiger partial charge on any atom is 0.110 e. The van der Waals surface area contributed by atoms with Crippen LogP contribution in [0.2, 0.25) is 0 Å². The first-order valence-corrected chi connectivity index (χ1v) is 8.37.